The van der Waals surface area contributed by atoms with E-state index >= 15 is 0 Å². The highest BCUT2D eigenvalue weighted by atomic mass is 16.5. The van der Waals surface area contributed by atoms with Crippen LogP contribution >= 0.6 is 0 Å². The van der Waals surface area contributed by atoms with Crippen molar-refractivity contribution in [2.45, 2.75) is 39.8 Å². The van der Waals surface area contributed by atoms with Gasteiger partial charge >= 0.3 is 0 Å². The van der Waals surface area contributed by atoms with Gasteiger partial charge in [-0.2, -0.15) is 0 Å². The van der Waals surface area contributed by atoms with Crippen molar-refractivity contribution in [3.8, 4) is 17.2 Å². The smallest absolute Gasteiger partial charge is 0.191 e. The zero-order chi connectivity index (χ0) is 20.5. The summed E-state index contributed by atoms with van der Waals surface area (Å²) in [5, 5.41) is 16.5. The molecule has 0 spiro atoms. The fraction of sp³-hybridized carbons (Fsp3) is 0.435. The highest BCUT2D eigenvalue weighted by molar-refractivity contribution is 5.79. The van der Waals surface area contributed by atoms with Gasteiger partial charge in [0, 0.05) is 18.7 Å². The summed E-state index contributed by atoms with van der Waals surface area (Å²) in [4.78, 5) is 4.66. The van der Waals surface area contributed by atoms with E-state index in [1.807, 2.05) is 44.2 Å². The van der Waals surface area contributed by atoms with Crippen LogP contribution in [0.2, 0.25) is 0 Å². The lowest BCUT2D eigenvalue weighted by atomic mass is 10.2. The summed E-state index contributed by atoms with van der Waals surface area (Å²) >= 11 is 0. The van der Waals surface area contributed by atoms with Crippen molar-refractivity contribution in [1.29, 1.82) is 0 Å². The van der Waals surface area contributed by atoms with E-state index < -0.39 is 0 Å². The molecule has 0 aliphatic heterocycles. The van der Waals surface area contributed by atoms with Gasteiger partial charge in [0.15, 0.2) is 17.5 Å². The minimum atomic E-state index is 0.146. The van der Waals surface area contributed by atoms with Gasteiger partial charge in [0.2, 0.25) is 0 Å². The number of rotatable bonds is 10. The quantitative estimate of drug-likeness (QED) is 0.420. The van der Waals surface area contributed by atoms with Crippen molar-refractivity contribution < 1.29 is 14.6 Å². The summed E-state index contributed by atoms with van der Waals surface area (Å²) in [6, 6.07) is 13.5. The van der Waals surface area contributed by atoms with Crippen molar-refractivity contribution in [2.75, 3.05) is 19.8 Å². The van der Waals surface area contributed by atoms with Gasteiger partial charge in [0.1, 0.15) is 5.75 Å². The molecule has 0 aromatic heterocycles. The molecule has 0 atom stereocenters. The van der Waals surface area contributed by atoms with E-state index in [2.05, 4.69) is 21.7 Å². The number of hydrogen-bond donors (Lipinski definition) is 3. The van der Waals surface area contributed by atoms with E-state index in [1.165, 1.54) is 12.8 Å². The number of nitrogens with zero attached hydrogens (tertiary/aromatic N) is 1. The monoisotopic (exact) mass is 397 g/mol. The summed E-state index contributed by atoms with van der Waals surface area (Å²) < 4.78 is 11.4. The number of hydrogen-bond acceptors (Lipinski definition) is 4. The Bertz CT molecular complexity index is 819. The fourth-order valence-electron chi connectivity index (χ4n) is 2.90. The second-order valence-corrected chi connectivity index (χ2v) is 7.15. The van der Waals surface area contributed by atoms with Crippen molar-refractivity contribution in [1.82, 2.24) is 10.6 Å². The van der Waals surface area contributed by atoms with E-state index in [-0.39, 0.29) is 5.75 Å². The predicted octanol–water partition coefficient (Wildman–Crippen LogP) is 3.84. The van der Waals surface area contributed by atoms with Gasteiger partial charge in [-0.1, -0.05) is 24.3 Å². The minimum Gasteiger partial charge on any atom is -0.504 e. The van der Waals surface area contributed by atoms with Gasteiger partial charge in [0.25, 0.3) is 0 Å². The van der Waals surface area contributed by atoms with Crippen LogP contribution in [0.1, 0.15) is 37.8 Å². The summed E-state index contributed by atoms with van der Waals surface area (Å²) in [5.74, 6) is 3.02. The molecule has 0 radical (unpaired) electrons. The number of para-hydroxylation sites is 1. The topological polar surface area (TPSA) is 75.1 Å². The number of benzene rings is 2. The molecule has 29 heavy (non-hydrogen) atoms. The third kappa shape index (κ3) is 6.59. The Morgan fingerprint density at radius 2 is 1.90 bits per heavy atom. The number of aromatic hydroxyl groups is 1. The number of ether oxygens (including phenoxy) is 2. The first-order valence-electron chi connectivity index (χ1n) is 10.4. The lowest BCUT2D eigenvalue weighted by Gasteiger charge is -2.15. The van der Waals surface area contributed by atoms with E-state index in [0.29, 0.717) is 25.4 Å². The first kappa shape index (κ1) is 20.8. The standard InChI is InChI=1S/C23H31N3O3/c1-3-24-23(25-14-18-11-12-20(27)22(13-18)28-4-2)26-15-19-7-5-6-8-21(19)29-16-17-9-10-17/h5-8,11-13,17,27H,3-4,9-10,14-16H2,1-2H3,(H2,24,25,26). The molecule has 156 valence electrons. The van der Waals surface area contributed by atoms with Crippen LogP contribution in [0.15, 0.2) is 47.5 Å². The van der Waals surface area contributed by atoms with Crippen LogP contribution in [0.5, 0.6) is 17.2 Å². The summed E-state index contributed by atoms with van der Waals surface area (Å²) in [5.41, 5.74) is 2.08. The maximum absolute atomic E-state index is 9.85. The first-order valence-corrected chi connectivity index (χ1v) is 10.4. The maximum Gasteiger partial charge on any atom is 0.191 e. The van der Waals surface area contributed by atoms with Crippen LogP contribution in [0.3, 0.4) is 0 Å². The molecular weight excluding hydrogens is 366 g/mol. The van der Waals surface area contributed by atoms with Crippen LogP contribution in [0, 0.1) is 5.92 Å². The zero-order valence-electron chi connectivity index (χ0n) is 17.3. The van der Waals surface area contributed by atoms with E-state index in [4.69, 9.17) is 9.47 Å². The normalized spacial score (nSPS) is 13.8. The molecule has 1 aliphatic carbocycles. The summed E-state index contributed by atoms with van der Waals surface area (Å²) in [6.07, 6.45) is 2.56. The van der Waals surface area contributed by atoms with E-state index in [9.17, 15) is 5.11 Å². The van der Waals surface area contributed by atoms with Gasteiger partial charge in [-0.25, -0.2) is 4.99 Å². The van der Waals surface area contributed by atoms with Crippen molar-refractivity contribution in [3.05, 3.63) is 53.6 Å². The Morgan fingerprint density at radius 3 is 2.66 bits per heavy atom. The summed E-state index contributed by atoms with van der Waals surface area (Å²) in [7, 11) is 0. The average Bonchev–Trinajstić information content (AvgIpc) is 3.56. The molecule has 6 nitrogen and oxygen atoms in total. The molecule has 0 amide bonds. The van der Waals surface area contributed by atoms with Crippen LogP contribution < -0.4 is 20.1 Å². The molecule has 3 rings (SSSR count). The zero-order valence-corrected chi connectivity index (χ0v) is 17.3. The number of phenols is 1. The number of phenolic OH excluding ortho intramolecular Hbond substituents is 1. The molecule has 6 heteroatoms. The number of aliphatic imine (C=N–C) groups is 1. The van der Waals surface area contributed by atoms with Gasteiger partial charge in [-0.15, -0.1) is 0 Å². The molecule has 2 aromatic carbocycles. The van der Waals surface area contributed by atoms with Crippen LogP contribution in [0.4, 0.5) is 0 Å². The molecule has 0 saturated heterocycles. The van der Waals surface area contributed by atoms with Gasteiger partial charge in [0.05, 0.1) is 19.8 Å². The van der Waals surface area contributed by atoms with Gasteiger partial charge < -0.3 is 25.2 Å². The van der Waals surface area contributed by atoms with Crippen molar-refractivity contribution >= 4 is 5.96 Å². The first-order chi connectivity index (χ1) is 14.2. The molecule has 3 N–H and O–H groups in total. The Hall–Kier alpha value is -2.89. The predicted molar refractivity (Wildman–Crippen MR) is 116 cm³/mol. The number of guanidine groups is 1. The second kappa shape index (κ2) is 10.6. The minimum absolute atomic E-state index is 0.146. The number of nitrogens with one attached hydrogen (secondary N) is 2. The van der Waals surface area contributed by atoms with Crippen molar-refractivity contribution in [2.24, 2.45) is 10.9 Å². The molecule has 1 fully saturated rings. The SMILES string of the molecule is CCNC(=NCc1ccc(O)c(OCC)c1)NCc1ccccc1OCC1CC1. The Labute approximate surface area is 173 Å². The molecule has 1 aliphatic rings. The maximum atomic E-state index is 9.85. The van der Waals surface area contributed by atoms with Crippen LogP contribution in [-0.2, 0) is 13.1 Å². The highest BCUT2D eigenvalue weighted by Gasteiger charge is 2.22. The Kier molecular flexibility index (Phi) is 7.61. The highest BCUT2D eigenvalue weighted by Crippen LogP contribution is 2.30. The molecule has 0 heterocycles. The van der Waals surface area contributed by atoms with Crippen molar-refractivity contribution in [3.63, 3.8) is 0 Å². The molecule has 1 saturated carbocycles. The molecule has 2 aromatic rings. The summed E-state index contributed by atoms with van der Waals surface area (Å²) in [6.45, 7) is 7.12. The molecule has 0 unspecified atom stereocenters. The largest absolute Gasteiger partial charge is 0.504 e. The Balaban J connectivity index is 1.62. The third-order valence-corrected chi connectivity index (χ3v) is 4.68. The van der Waals surface area contributed by atoms with Gasteiger partial charge in [-0.05, 0) is 56.4 Å². The Morgan fingerprint density at radius 1 is 1.07 bits per heavy atom. The van der Waals surface area contributed by atoms with Crippen LogP contribution in [0.25, 0.3) is 0 Å². The van der Waals surface area contributed by atoms with Gasteiger partial charge in [-0.3, -0.25) is 0 Å². The third-order valence-electron chi connectivity index (χ3n) is 4.68. The molecule has 0 bridgehead atoms. The van der Waals surface area contributed by atoms with E-state index in [0.717, 1.165) is 41.9 Å². The fourth-order valence-corrected chi connectivity index (χ4v) is 2.90. The van der Waals surface area contributed by atoms with Crippen LogP contribution in [-0.4, -0.2) is 30.8 Å². The molecular formula is C23H31N3O3. The lowest BCUT2D eigenvalue weighted by Crippen LogP contribution is -2.36. The lowest BCUT2D eigenvalue weighted by molar-refractivity contribution is 0.296. The van der Waals surface area contributed by atoms with E-state index in [1.54, 1.807) is 6.07 Å². The average molecular weight is 398 g/mol. The second-order valence-electron chi connectivity index (χ2n) is 7.15.